The van der Waals surface area contributed by atoms with Crippen molar-refractivity contribution in [2.45, 2.75) is 19.5 Å². The lowest BCUT2D eigenvalue weighted by Crippen LogP contribution is -2.45. The largest absolute Gasteiger partial charge is 0.383 e. The number of ether oxygens (including phenoxy) is 1. The van der Waals surface area contributed by atoms with Crippen LogP contribution in [0.1, 0.15) is 17.4 Å². The van der Waals surface area contributed by atoms with Crippen LogP contribution < -0.4 is 16.4 Å². The van der Waals surface area contributed by atoms with E-state index in [0.717, 1.165) is 0 Å². The van der Waals surface area contributed by atoms with E-state index in [9.17, 15) is 9.59 Å². The highest BCUT2D eigenvalue weighted by molar-refractivity contribution is 5.95. The van der Waals surface area contributed by atoms with Crippen LogP contribution in [0.25, 0.3) is 0 Å². The summed E-state index contributed by atoms with van der Waals surface area (Å²) in [7, 11) is 1.54. The van der Waals surface area contributed by atoms with Crippen LogP contribution in [0.15, 0.2) is 6.20 Å². The van der Waals surface area contributed by atoms with Crippen molar-refractivity contribution in [2.75, 3.05) is 26.8 Å². The molecular weight excluding hydrogens is 264 g/mol. The van der Waals surface area contributed by atoms with Crippen LogP contribution in [0.3, 0.4) is 0 Å². The molecule has 0 spiro atoms. The van der Waals surface area contributed by atoms with E-state index in [1.54, 1.807) is 14.0 Å². The number of amides is 2. The van der Waals surface area contributed by atoms with Crippen LogP contribution >= 0.6 is 0 Å². The van der Waals surface area contributed by atoms with E-state index in [1.165, 1.54) is 10.9 Å². The minimum atomic E-state index is -0.668. The monoisotopic (exact) mass is 284 g/mol. The predicted octanol–water partition coefficient (Wildman–Crippen LogP) is -1.88. The number of hydrogen-bond donors (Lipinski definition) is 3. The quantitative estimate of drug-likeness (QED) is 0.480. The fourth-order valence-corrected chi connectivity index (χ4v) is 1.41. The number of methoxy groups -OCH3 is 1. The van der Waals surface area contributed by atoms with Crippen LogP contribution in [-0.2, 0) is 16.1 Å². The Morgan fingerprint density at radius 2 is 2.30 bits per heavy atom. The van der Waals surface area contributed by atoms with Gasteiger partial charge in [0, 0.05) is 20.2 Å². The van der Waals surface area contributed by atoms with Crippen molar-refractivity contribution in [3.05, 3.63) is 11.9 Å². The smallest absolute Gasteiger partial charge is 0.274 e. The molecule has 4 N–H and O–H groups in total. The molecule has 0 saturated carbocycles. The van der Waals surface area contributed by atoms with Crippen LogP contribution in [-0.4, -0.2) is 59.7 Å². The summed E-state index contributed by atoms with van der Waals surface area (Å²) in [5, 5.41) is 12.6. The summed E-state index contributed by atoms with van der Waals surface area (Å²) in [5.41, 5.74) is 5.52. The number of nitrogens with zero attached hydrogens (tertiary/aromatic N) is 3. The maximum absolute atomic E-state index is 11.8. The SMILES string of the molecule is COCCNC(=O)C(C)NC(=O)c1cn(CCN)nn1. The zero-order chi connectivity index (χ0) is 15.0. The van der Waals surface area contributed by atoms with E-state index in [-0.39, 0.29) is 11.6 Å². The zero-order valence-corrected chi connectivity index (χ0v) is 11.6. The first-order valence-electron chi connectivity index (χ1n) is 6.26. The first-order chi connectivity index (χ1) is 9.58. The second kappa shape index (κ2) is 8.23. The molecule has 1 aromatic rings. The molecule has 0 saturated heterocycles. The van der Waals surface area contributed by atoms with Gasteiger partial charge in [0.15, 0.2) is 5.69 Å². The van der Waals surface area contributed by atoms with Crippen molar-refractivity contribution in [3.8, 4) is 0 Å². The van der Waals surface area contributed by atoms with Crippen LogP contribution in [0.5, 0.6) is 0 Å². The molecule has 20 heavy (non-hydrogen) atoms. The van der Waals surface area contributed by atoms with Gasteiger partial charge in [-0.1, -0.05) is 5.21 Å². The van der Waals surface area contributed by atoms with Crippen molar-refractivity contribution in [1.82, 2.24) is 25.6 Å². The van der Waals surface area contributed by atoms with E-state index in [2.05, 4.69) is 20.9 Å². The molecule has 1 rings (SSSR count). The van der Waals surface area contributed by atoms with Gasteiger partial charge >= 0.3 is 0 Å². The lowest BCUT2D eigenvalue weighted by atomic mass is 10.3. The highest BCUT2D eigenvalue weighted by Crippen LogP contribution is 1.94. The molecule has 0 bridgehead atoms. The van der Waals surface area contributed by atoms with Gasteiger partial charge in [0.25, 0.3) is 5.91 Å². The lowest BCUT2D eigenvalue weighted by Gasteiger charge is -2.12. The van der Waals surface area contributed by atoms with Crippen LogP contribution in [0.4, 0.5) is 0 Å². The number of carbonyl (C=O) groups excluding carboxylic acids is 2. The van der Waals surface area contributed by atoms with Gasteiger partial charge in [0.1, 0.15) is 6.04 Å². The molecule has 1 atom stereocenters. The van der Waals surface area contributed by atoms with E-state index in [0.29, 0.717) is 26.2 Å². The van der Waals surface area contributed by atoms with Crippen molar-refractivity contribution >= 4 is 11.8 Å². The standard InChI is InChI=1S/C11H20N6O3/c1-8(10(18)13-4-6-20-2)14-11(19)9-7-17(5-3-12)16-15-9/h7-8H,3-6,12H2,1-2H3,(H,13,18)(H,14,19). The maximum atomic E-state index is 11.8. The molecular formula is C11H20N6O3. The zero-order valence-electron chi connectivity index (χ0n) is 11.6. The molecule has 9 nitrogen and oxygen atoms in total. The van der Waals surface area contributed by atoms with Crippen LogP contribution in [0.2, 0.25) is 0 Å². The summed E-state index contributed by atoms with van der Waals surface area (Å²) in [6, 6.07) is -0.668. The molecule has 1 unspecified atom stereocenters. The molecule has 0 fully saturated rings. The van der Waals surface area contributed by atoms with Crippen molar-refractivity contribution in [1.29, 1.82) is 0 Å². The molecule has 1 aromatic heterocycles. The third-order valence-corrected chi connectivity index (χ3v) is 2.48. The summed E-state index contributed by atoms with van der Waals surface area (Å²) >= 11 is 0. The van der Waals surface area contributed by atoms with E-state index < -0.39 is 11.9 Å². The highest BCUT2D eigenvalue weighted by atomic mass is 16.5. The Hall–Kier alpha value is -2.00. The van der Waals surface area contributed by atoms with Gasteiger partial charge in [-0.25, -0.2) is 0 Å². The summed E-state index contributed by atoms with van der Waals surface area (Å²) in [4.78, 5) is 23.5. The number of nitrogens with two attached hydrogens (primary N) is 1. The fourth-order valence-electron chi connectivity index (χ4n) is 1.41. The minimum Gasteiger partial charge on any atom is -0.383 e. The van der Waals surface area contributed by atoms with Crippen molar-refractivity contribution in [3.63, 3.8) is 0 Å². The average molecular weight is 284 g/mol. The molecule has 112 valence electrons. The van der Waals surface area contributed by atoms with E-state index in [4.69, 9.17) is 10.5 Å². The third kappa shape index (κ3) is 4.94. The number of nitrogens with one attached hydrogen (secondary N) is 2. The summed E-state index contributed by atoms with van der Waals surface area (Å²) in [5.74, 6) is -0.743. The fraction of sp³-hybridized carbons (Fsp3) is 0.636. The molecule has 0 aliphatic carbocycles. The second-order valence-electron chi connectivity index (χ2n) is 4.13. The highest BCUT2D eigenvalue weighted by Gasteiger charge is 2.18. The molecule has 0 aromatic carbocycles. The van der Waals surface area contributed by atoms with Gasteiger partial charge in [-0.15, -0.1) is 5.10 Å². The summed E-state index contributed by atoms with van der Waals surface area (Å²) in [6.07, 6.45) is 1.48. The normalized spacial score (nSPS) is 11.9. The maximum Gasteiger partial charge on any atom is 0.274 e. The molecule has 0 radical (unpaired) electrons. The number of aromatic nitrogens is 3. The summed E-state index contributed by atoms with van der Waals surface area (Å²) in [6.45, 7) is 3.28. The Morgan fingerprint density at radius 3 is 2.95 bits per heavy atom. The van der Waals surface area contributed by atoms with Gasteiger partial charge in [0.05, 0.1) is 19.3 Å². The van der Waals surface area contributed by atoms with Gasteiger partial charge in [-0.2, -0.15) is 0 Å². The second-order valence-corrected chi connectivity index (χ2v) is 4.13. The average Bonchev–Trinajstić information content (AvgIpc) is 2.88. The molecule has 2 amide bonds. The van der Waals surface area contributed by atoms with E-state index >= 15 is 0 Å². The number of carbonyl (C=O) groups is 2. The van der Waals surface area contributed by atoms with Crippen molar-refractivity contribution in [2.24, 2.45) is 5.73 Å². The number of rotatable bonds is 8. The lowest BCUT2D eigenvalue weighted by molar-refractivity contribution is -0.122. The predicted molar refractivity (Wildman–Crippen MR) is 70.9 cm³/mol. The molecule has 1 heterocycles. The first kappa shape index (κ1) is 16.1. The van der Waals surface area contributed by atoms with E-state index in [1.807, 2.05) is 0 Å². The molecule has 0 aliphatic rings. The van der Waals surface area contributed by atoms with Crippen molar-refractivity contribution < 1.29 is 14.3 Å². The third-order valence-electron chi connectivity index (χ3n) is 2.48. The Kier molecular flexibility index (Phi) is 6.60. The number of hydrogen-bond acceptors (Lipinski definition) is 6. The van der Waals surface area contributed by atoms with Gasteiger partial charge in [-0.05, 0) is 6.92 Å². The molecule has 9 heteroatoms. The Bertz CT molecular complexity index is 447. The minimum absolute atomic E-state index is 0.148. The topological polar surface area (TPSA) is 124 Å². The van der Waals surface area contributed by atoms with Gasteiger partial charge in [0.2, 0.25) is 5.91 Å². The Balaban J connectivity index is 2.45. The summed E-state index contributed by atoms with van der Waals surface area (Å²) < 4.78 is 6.29. The Morgan fingerprint density at radius 1 is 1.55 bits per heavy atom. The Labute approximate surface area is 116 Å². The van der Waals surface area contributed by atoms with Gasteiger partial charge in [-0.3, -0.25) is 14.3 Å². The first-order valence-corrected chi connectivity index (χ1v) is 6.26. The van der Waals surface area contributed by atoms with Crippen LogP contribution in [0, 0.1) is 0 Å². The molecule has 0 aliphatic heterocycles. The van der Waals surface area contributed by atoms with Gasteiger partial charge < -0.3 is 21.1 Å².